The molecule has 3 rings (SSSR count). The van der Waals surface area contributed by atoms with Gasteiger partial charge in [0.2, 0.25) is 5.89 Å². The molecule has 0 bridgehead atoms. The summed E-state index contributed by atoms with van der Waals surface area (Å²) >= 11 is 0. The summed E-state index contributed by atoms with van der Waals surface area (Å²) in [6.45, 7) is 4.23. The first kappa shape index (κ1) is 14.4. The van der Waals surface area contributed by atoms with Gasteiger partial charge in [0.15, 0.2) is 5.58 Å². The van der Waals surface area contributed by atoms with E-state index in [2.05, 4.69) is 28.9 Å². The third kappa shape index (κ3) is 3.54. The van der Waals surface area contributed by atoms with Crippen LogP contribution in [0.5, 0.6) is 0 Å². The summed E-state index contributed by atoms with van der Waals surface area (Å²) in [4.78, 5) is 9.25. The Morgan fingerprint density at radius 3 is 2.81 bits per heavy atom. The number of nitrogens with zero attached hydrogens (tertiary/aromatic N) is 3. The Kier molecular flexibility index (Phi) is 4.12. The van der Waals surface area contributed by atoms with Gasteiger partial charge in [0.05, 0.1) is 6.54 Å². The normalized spacial score (nSPS) is 17.9. The highest BCUT2D eigenvalue weighted by Gasteiger charge is 2.21. The molecule has 5 nitrogen and oxygen atoms in total. The Hall–Kier alpha value is -1.59. The standard InChI is InChI=1S/C16H24N4O/c1-19(2)10-12-5-7-20(8-6-12)11-16-18-14-9-13(17)3-4-15(14)21-16/h3-4,9,12H,5-8,10-11,17H2,1-2H3. The lowest BCUT2D eigenvalue weighted by atomic mass is 9.96. The van der Waals surface area contributed by atoms with Crippen molar-refractivity contribution in [2.45, 2.75) is 19.4 Å². The van der Waals surface area contributed by atoms with Crippen LogP contribution < -0.4 is 5.73 Å². The number of hydrogen-bond acceptors (Lipinski definition) is 5. The Morgan fingerprint density at radius 1 is 1.33 bits per heavy atom. The van der Waals surface area contributed by atoms with Gasteiger partial charge in [-0.1, -0.05) is 0 Å². The number of likely N-dealkylation sites (tertiary alicyclic amines) is 1. The van der Waals surface area contributed by atoms with Crippen molar-refractivity contribution in [3.63, 3.8) is 0 Å². The van der Waals surface area contributed by atoms with Gasteiger partial charge in [0.1, 0.15) is 5.52 Å². The highest BCUT2D eigenvalue weighted by Crippen LogP contribution is 2.22. The van der Waals surface area contributed by atoms with Crippen molar-refractivity contribution in [3.05, 3.63) is 24.1 Å². The van der Waals surface area contributed by atoms with E-state index >= 15 is 0 Å². The van der Waals surface area contributed by atoms with Crippen molar-refractivity contribution >= 4 is 16.8 Å². The quantitative estimate of drug-likeness (QED) is 0.874. The van der Waals surface area contributed by atoms with E-state index in [1.807, 2.05) is 18.2 Å². The second-order valence-corrected chi connectivity index (χ2v) is 6.32. The molecule has 2 aromatic rings. The highest BCUT2D eigenvalue weighted by molar-refractivity contribution is 5.76. The molecule has 0 amide bonds. The number of hydrogen-bond donors (Lipinski definition) is 1. The van der Waals surface area contributed by atoms with Crippen LogP contribution >= 0.6 is 0 Å². The topological polar surface area (TPSA) is 58.5 Å². The van der Waals surface area contributed by atoms with E-state index < -0.39 is 0 Å². The molecular formula is C16H24N4O. The summed E-state index contributed by atoms with van der Waals surface area (Å²) in [5.41, 5.74) is 8.18. The molecular weight excluding hydrogens is 264 g/mol. The van der Waals surface area contributed by atoms with Gasteiger partial charge < -0.3 is 15.1 Å². The van der Waals surface area contributed by atoms with Crippen molar-refractivity contribution in [1.29, 1.82) is 0 Å². The van der Waals surface area contributed by atoms with E-state index in [1.54, 1.807) is 0 Å². The number of piperidine rings is 1. The predicted octanol–water partition coefficient (Wildman–Crippen LogP) is 2.18. The smallest absolute Gasteiger partial charge is 0.209 e. The molecule has 0 atom stereocenters. The van der Waals surface area contributed by atoms with Gasteiger partial charge in [-0.25, -0.2) is 4.98 Å². The molecule has 0 saturated carbocycles. The number of oxazole rings is 1. The fraction of sp³-hybridized carbons (Fsp3) is 0.562. The molecule has 0 spiro atoms. The molecule has 114 valence electrons. The molecule has 2 N–H and O–H groups in total. The Labute approximate surface area is 125 Å². The summed E-state index contributed by atoms with van der Waals surface area (Å²) in [7, 11) is 4.30. The predicted molar refractivity (Wildman–Crippen MR) is 85.0 cm³/mol. The molecule has 1 aromatic heterocycles. The van der Waals surface area contributed by atoms with Crippen molar-refractivity contribution in [3.8, 4) is 0 Å². The monoisotopic (exact) mass is 288 g/mol. The zero-order chi connectivity index (χ0) is 14.8. The maximum Gasteiger partial charge on any atom is 0.209 e. The van der Waals surface area contributed by atoms with E-state index in [1.165, 1.54) is 19.4 Å². The minimum Gasteiger partial charge on any atom is -0.439 e. The lowest BCUT2D eigenvalue weighted by Gasteiger charge is -2.32. The third-order valence-electron chi connectivity index (χ3n) is 4.15. The van der Waals surface area contributed by atoms with E-state index in [0.29, 0.717) is 0 Å². The average molecular weight is 288 g/mol. The fourth-order valence-corrected chi connectivity index (χ4v) is 3.09. The minimum absolute atomic E-state index is 0.729. The van der Waals surface area contributed by atoms with Crippen molar-refractivity contribution < 1.29 is 4.42 Å². The van der Waals surface area contributed by atoms with Crippen LogP contribution in [0.1, 0.15) is 18.7 Å². The Bertz CT molecular complexity index is 599. The van der Waals surface area contributed by atoms with Gasteiger partial charge in [-0.05, 0) is 64.1 Å². The molecule has 2 heterocycles. The number of aromatic nitrogens is 1. The average Bonchev–Trinajstić information content (AvgIpc) is 2.82. The van der Waals surface area contributed by atoms with Gasteiger partial charge >= 0.3 is 0 Å². The molecule has 0 radical (unpaired) electrons. The molecule has 5 heteroatoms. The number of nitrogens with two attached hydrogens (primary N) is 1. The zero-order valence-corrected chi connectivity index (χ0v) is 12.9. The van der Waals surface area contributed by atoms with Crippen molar-refractivity contribution in [1.82, 2.24) is 14.8 Å². The molecule has 0 aliphatic carbocycles. The third-order valence-corrected chi connectivity index (χ3v) is 4.15. The number of benzene rings is 1. The molecule has 1 aromatic carbocycles. The van der Waals surface area contributed by atoms with E-state index in [-0.39, 0.29) is 0 Å². The van der Waals surface area contributed by atoms with Crippen molar-refractivity contribution in [2.75, 3.05) is 39.5 Å². The summed E-state index contributed by atoms with van der Waals surface area (Å²) in [6, 6.07) is 5.61. The van der Waals surface area contributed by atoms with E-state index in [4.69, 9.17) is 10.2 Å². The van der Waals surface area contributed by atoms with Crippen LogP contribution in [0.25, 0.3) is 11.1 Å². The van der Waals surface area contributed by atoms with Crippen molar-refractivity contribution in [2.24, 2.45) is 5.92 Å². The molecule has 0 unspecified atom stereocenters. The second-order valence-electron chi connectivity index (χ2n) is 6.32. The summed E-state index contributed by atoms with van der Waals surface area (Å²) in [5, 5.41) is 0. The number of nitrogen functional groups attached to an aromatic ring is 1. The maximum atomic E-state index is 5.80. The number of fused-ring (bicyclic) bond motifs is 1. The summed E-state index contributed by atoms with van der Waals surface area (Å²) in [5.74, 6) is 1.61. The van der Waals surface area contributed by atoms with E-state index in [0.717, 1.165) is 48.2 Å². The van der Waals surface area contributed by atoms with Gasteiger partial charge in [-0.3, -0.25) is 4.90 Å². The van der Waals surface area contributed by atoms with E-state index in [9.17, 15) is 0 Å². The van der Waals surface area contributed by atoms with Gasteiger partial charge in [0, 0.05) is 12.2 Å². The van der Waals surface area contributed by atoms with Crippen LogP contribution in [-0.2, 0) is 6.54 Å². The Balaban J connectivity index is 1.59. The SMILES string of the molecule is CN(C)CC1CCN(Cc2nc3cc(N)ccc3o2)CC1. The maximum absolute atomic E-state index is 5.80. The lowest BCUT2D eigenvalue weighted by molar-refractivity contribution is 0.147. The zero-order valence-electron chi connectivity index (χ0n) is 12.9. The second kappa shape index (κ2) is 6.03. The van der Waals surface area contributed by atoms with Gasteiger partial charge in [-0.15, -0.1) is 0 Å². The van der Waals surface area contributed by atoms with Crippen LogP contribution in [0.2, 0.25) is 0 Å². The number of rotatable bonds is 4. The molecule has 21 heavy (non-hydrogen) atoms. The first-order valence-corrected chi connectivity index (χ1v) is 7.62. The van der Waals surface area contributed by atoms with Crippen LogP contribution in [-0.4, -0.2) is 48.5 Å². The van der Waals surface area contributed by atoms with Gasteiger partial charge in [-0.2, -0.15) is 0 Å². The highest BCUT2D eigenvalue weighted by atomic mass is 16.3. The summed E-state index contributed by atoms with van der Waals surface area (Å²) in [6.07, 6.45) is 2.51. The van der Waals surface area contributed by atoms with Crippen LogP contribution in [0.4, 0.5) is 5.69 Å². The van der Waals surface area contributed by atoms with Gasteiger partial charge in [0.25, 0.3) is 0 Å². The Morgan fingerprint density at radius 2 is 2.10 bits per heavy atom. The van der Waals surface area contributed by atoms with Crippen LogP contribution in [0.15, 0.2) is 22.6 Å². The molecule has 1 saturated heterocycles. The summed E-state index contributed by atoms with van der Waals surface area (Å²) < 4.78 is 5.80. The minimum atomic E-state index is 0.729. The first-order chi connectivity index (χ1) is 10.1. The lowest BCUT2D eigenvalue weighted by Crippen LogP contribution is -2.36. The molecule has 1 fully saturated rings. The fourth-order valence-electron chi connectivity index (χ4n) is 3.09. The largest absolute Gasteiger partial charge is 0.439 e. The number of anilines is 1. The first-order valence-electron chi connectivity index (χ1n) is 7.62. The van der Waals surface area contributed by atoms with Crippen LogP contribution in [0.3, 0.4) is 0 Å². The van der Waals surface area contributed by atoms with Crippen LogP contribution in [0, 0.1) is 5.92 Å². The molecule has 1 aliphatic rings. The molecule has 1 aliphatic heterocycles.